The summed E-state index contributed by atoms with van der Waals surface area (Å²) in [6.07, 6.45) is 2.43. The van der Waals surface area contributed by atoms with E-state index in [-0.39, 0.29) is 17.4 Å². The molecule has 2 heterocycles. The number of hydrogen-bond donors (Lipinski definition) is 2. The summed E-state index contributed by atoms with van der Waals surface area (Å²) in [5.41, 5.74) is 2.26. The smallest absolute Gasteiger partial charge is 0.252 e. The van der Waals surface area contributed by atoms with Crippen LogP contribution in [0.2, 0.25) is 0 Å². The minimum absolute atomic E-state index is 0.0381. The van der Waals surface area contributed by atoms with Gasteiger partial charge in [0.15, 0.2) is 5.43 Å². The van der Waals surface area contributed by atoms with Gasteiger partial charge in [0.05, 0.1) is 11.1 Å². The van der Waals surface area contributed by atoms with Crippen LogP contribution >= 0.6 is 0 Å². The Morgan fingerprint density at radius 3 is 2.54 bits per heavy atom. The molecule has 2 N–H and O–H groups in total. The number of carbonyl (C=O) groups excluding carboxylic acids is 1. The largest absolute Gasteiger partial charge is 0.489 e. The standard InChI is InChI=1S/C29H31N3O3/c1-29(2,20-11-13-21(14-12-20)35-22-7-6-16-32(3)18-22)31-28(34)19-10-15-24-26(17-19)30-25-9-5-4-8-23(25)27(24)33/h4-5,8-15,17,22H,6-7,16,18H2,1-3H3,(H,30,33)(H,31,34). The first kappa shape index (κ1) is 23.1. The van der Waals surface area contributed by atoms with Gasteiger partial charge in [-0.05, 0) is 88.3 Å². The first-order chi connectivity index (χ1) is 16.8. The molecule has 35 heavy (non-hydrogen) atoms. The van der Waals surface area contributed by atoms with Gasteiger partial charge >= 0.3 is 0 Å². The van der Waals surface area contributed by atoms with Gasteiger partial charge in [0.1, 0.15) is 11.9 Å². The van der Waals surface area contributed by atoms with E-state index in [1.54, 1.807) is 24.3 Å². The number of amides is 1. The van der Waals surface area contributed by atoms with E-state index in [1.165, 1.54) is 0 Å². The molecule has 0 radical (unpaired) electrons. The van der Waals surface area contributed by atoms with Gasteiger partial charge in [-0.2, -0.15) is 0 Å². The molecule has 180 valence electrons. The van der Waals surface area contributed by atoms with Crippen molar-refractivity contribution in [2.75, 3.05) is 20.1 Å². The topological polar surface area (TPSA) is 74.4 Å². The van der Waals surface area contributed by atoms with Gasteiger partial charge in [-0.3, -0.25) is 9.59 Å². The number of carbonyl (C=O) groups is 1. The molecule has 1 atom stereocenters. The summed E-state index contributed by atoms with van der Waals surface area (Å²) >= 11 is 0. The SMILES string of the molecule is CN1CCCC(Oc2ccc(C(C)(C)NC(=O)c3ccc4c(=O)c5ccccc5[nH]c4c3)cc2)C1. The van der Waals surface area contributed by atoms with Crippen molar-refractivity contribution in [2.24, 2.45) is 0 Å². The van der Waals surface area contributed by atoms with Crippen LogP contribution < -0.4 is 15.5 Å². The van der Waals surface area contributed by atoms with E-state index < -0.39 is 5.54 Å². The molecule has 0 spiro atoms. The molecule has 1 unspecified atom stereocenters. The van der Waals surface area contributed by atoms with Crippen molar-refractivity contribution in [3.05, 3.63) is 88.1 Å². The number of nitrogens with one attached hydrogen (secondary N) is 2. The van der Waals surface area contributed by atoms with Crippen LogP contribution in [0.3, 0.4) is 0 Å². The Labute approximate surface area is 204 Å². The molecular formula is C29H31N3O3. The molecule has 0 aliphatic carbocycles. The van der Waals surface area contributed by atoms with Gasteiger partial charge < -0.3 is 19.9 Å². The Morgan fingerprint density at radius 2 is 1.77 bits per heavy atom. The number of piperidine rings is 1. The molecule has 1 saturated heterocycles. The Hall–Kier alpha value is -3.64. The molecular weight excluding hydrogens is 438 g/mol. The molecule has 0 bridgehead atoms. The van der Waals surface area contributed by atoms with E-state index in [2.05, 4.69) is 22.2 Å². The maximum Gasteiger partial charge on any atom is 0.252 e. The van der Waals surface area contributed by atoms with Crippen molar-refractivity contribution in [1.29, 1.82) is 0 Å². The van der Waals surface area contributed by atoms with E-state index in [0.717, 1.165) is 42.8 Å². The molecule has 1 amide bonds. The van der Waals surface area contributed by atoms with Crippen LogP contribution in [-0.2, 0) is 5.54 Å². The number of aromatic amines is 1. The van der Waals surface area contributed by atoms with E-state index in [0.29, 0.717) is 21.9 Å². The van der Waals surface area contributed by atoms with Gasteiger partial charge in [0, 0.05) is 28.4 Å². The van der Waals surface area contributed by atoms with Crippen molar-refractivity contribution in [2.45, 2.75) is 38.3 Å². The van der Waals surface area contributed by atoms with Gasteiger partial charge in [-0.25, -0.2) is 0 Å². The average molecular weight is 470 g/mol. The monoisotopic (exact) mass is 469 g/mol. The number of H-pyrrole nitrogens is 1. The Morgan fingerprint density at radius 1 is 1.03 bits per heavy atom. The number of nitrogens with zero attached hydrogens (tertiary/aromatic N) is 1. The third kappa shape index (κ3) is 4.80. The Bertz CT molecular complexity index is 1440. The van der Waals surface area contributed by atoms with Gasteiger partial charge in [-0.1, -0.05) is 24.3 Å². The highest BCUT2D eigenvalue weighted by Gasteiger charge is 2.24. The Kier molecular flexibility index (Phi) is 6.07. The van der Waals surface area contributed by atoms with Crippen molar-refractivity contribution >= 4 is 27.7 Å². The summed E-state index contributed by atoms with van der Waals surface area (Å²) in [6.45, 7) is 6.02. The van der Waals surface area contributed by atoms with Crippen LogP contribution in [0.4, 0.5) is 0 Å². The lowest BCUT2D eigenvalue weighted by Crippen LogP contribution is -2.41. The molecule has 1 aromatic heterocycles. The van der Waals surface area contributed by atoms with Crippen molar-refractivity contribution in [3.63, 3.8) is 0 Å². The number of aromatic nitrogens is 1. The minimum Gasteiger partial charge on any atom is -0.489 e. The summed E-state index contributed by atoms with van der Waals surface area (Å²) in [5.74, 6) is 0.651. The summed E-state index contributed by atoms with van der Waals surface area (Å²) in [4.78, 5) is 31.6. The van der Waals surface area contributed by atoms with E-state index in [4.69, 9.17) is 4.74 Å². The normalized spacial score (nSPS) is 16.9. The zero-order valence-electron chi connectivity index (χ0n) is 20.4. The zero-order valence-corrected chi connectivity index (χ0v) is 20.4. The van der Waals surface area contributed by atoms with Crippen LogP contribution in [0.5, 0.6) is 5.75 Å². The average Bonchev–Trinajstić information content (AvgIpc) is 2.84. The van der Waals surface area contributed by atoms with E-state index in [1.807, 2.05) is 56.3 Å². The molecule has 1 aliphatic heterocycles. The molecule has 0 saturated carbocycles. The maximum absolute atomic E-state index is 13.2. The lowest BCUT2D eigenvalue weighted by Gasteiger charge is -2.30. The van der Waals surface area contributed by atoms with E-state index >= 15 is 0 Å². The second-order valence-electron chi connectivity index (χ2n) is 10.0. The highest BCUT2D eigenvalue weighted by molar-refractivity contribution is 6.00. The molecule has 6 nitrogen and oxygen atoms in total. The minimum atomic E-state index is -0.591. The number of likely N-dealkylation sites (tertiary alicyclic amines) is 1. The summed E-state index contributed by atoms with van der Waals surface area (Å²) in [7, 11) is 2.12. The first-order valence-electron chi connectivity index (χ1n) is 12.1. The zero-order chi connectivity index (χ0) is 24.6. The lowest BCUT2D eigenvalue weighted by atomic mass is 9.93. The number of hydrogen-bond acceptors (Lipinski definition) is 4. The fourth-order valence-electron chi connectivity index (χ4n) is 4.85. The summed E-state index contributed by atoms with van der Waals surface area (Å²) in [5, 5.41) is 4.34. The third-order valence-electron chi connectivity index (χ3n) is 6.85. The van der Waals surface area contributed by atoms with Crippen LogP contribution in [0.15, 0.2) is 71.5 Å². The number of rotatable bonds is 5. The van der Waals surface area contributed by atoms with Crippen LogP contribution in [0.1, 0.15) is 42.6 Å². The first-order valence-corrected chi connectivity index (χ1v) is 12.1. The van der Waals surface area contributed by atoms with Gasteiger partial charge in [0.25, 0.3) is 5.91 Å². The number of pyridine rings is 1. The number of ether oxygens (including phenoxy) is 1. The number of benzene rings is 3. The van der Waals surface area contributed by atoms with Crippen LogP contribution in [-0.4, -0.2) is 42.0 Å². The quantitative estimate of drug-likeness (QED) is 0.411. The Balaban J connectivity index is 1.33. The number of para-hydroxylation sites is 1. The van der Waals surface area contributed by atoms with Crippen molar-refractivity contribution in [3.8, 4) is 5.75 Å². The lowest BCUT2D eigenvalue weighted by molar-refractivity contribution is 0.0912. The third-order valence-corrected chi connectivity index (χ3v) is 6.85. The predicted molar refractivity (Wildman–Crippen MR) is 140 cm³/mol. The molecule has 6 heteroatoms. The maximum atomic E-state index is 13.2. The van der Waals surface area contributed by atoms with Crippen LogP contribution in [0.25, 0.3) is 21.8 Å². The molecule has 1 aliphatic rings. The second kappa shape index (κ2) is 9.19. The molecule has 5 rings (SSSR count). The molecule has 3 aromatic carbocycles. The van der Waals surface area contributed by atoms with Gasteiger partial charge in [0.2, 0.25) is 0 Å². The number of fused-ring (bicyclic) bond motifs is 2. The summed E-state index contributed by atoms with van der Waals surface area (Å²) in [6, 6.07) is 20.5. The number of likely N-dealkylation sites (N-methyl/N-ethyl adjacent to an activating group) is 1. The predicted octanol–water partition coefficient (Wildman–Crippen LogP) is 4.82. The fourth-order valence-corrected chi connectivity index (χ4v) is 4.85. The van der Waals surface area contributed by atoms with Crippen molar-refractivity contribution < 1.29 is 9.53 Å². The fraction of sp³-hybridized carbons (Fsp3) is 0.310. The van der Waals surface area contributed by atoms with E-state index in [9.17, 15) is 9.59 Å². The van der Waals surface area contributed by atoms with Gasteiger partial charge in [-0.15, -0.1) is 0 Å². The second-order valence-corrected chi connectivity index (χ2v) is 10.0. The summed E-state index contributed by atoms with van der Waals surface area (Å²) < 4.78 is 6.17. The molecule has 1 fully saturated rings. The van der Waals surface area contributed by atoms with Crippen molar-refractivity contribution in [1.82, 2.24) is 15.2 Å². The highest BCUT2D eigenvalue weighted by atomic mass is 16.5. The molecule has 4 aromatic rings. The van der Waals surface area contributed by atoms with Crippen LogP contribution in [0, 0.1) is 0 Å². The highest BCUT2D eigenvalue weighted by Crippen LogP contribution is 2.25.